The zero-order valence-electron chi connectivity index (χ0n) is 9.63. The first-order valence-electron chi connectivity index (χ1n) is 5.79. The van der Waals surface area contributed by atoms with Crippen LogP contribution in [-0.2, 0) is 16.0 Å². The third-order valence-electron chi connectivity index (χ3n) is 3.01. The van der Waals surface area contributed by atoms with Gasteiger partial charge in [-0.05, 0) is 5.56 Å². The Labute approximate surface area is 101 Å². The Balaban J connectivity index is 2.01. The number of nitrogens with zero attached hydrogens (tertiary/aromatic N) is 1. The lowest BCUT2D eigenvalue weighted by Crippen LogP contribution is -2.54. The van der Waals surface area contributed by atoms with Crippen LogP contribution in [0.4, 0.5) is 0 Å². The molecule has 4 nitrogen and oxygen atoms in total. The molecule has 1 aliphatic heterocycles. The van der Waals surface area contributed by atoms with Crippen LogP contribution in [0.1, 0.15) is 5.56 Å². The van der Waals surface area contributed by atoms with E-state index in [2.05, 4.69) is 5.32 Å². The predicted molar refractivity (Wildman–Crippen MR) is 64.6 cm³/mol. The highest BCUT2D eigenvalue weighted by Crippen LogP contribution is 2.07. The number of benzene rings is 1. The van der Waals surface area contributed by atoms with Gasteiger partial charge in [0, 0.05) is 26.1 Å². The molecule has 1 saturated heterocycles. The molecule has 1 N–H and O–H groups in total. The maximum Gasteiger partial charge on any atom is 0.210 e. The van der Waals surface area contributed by atoms with E-state index in [9.17, 15) is 9.59 Å². The third-order valence-corrected chi connectivity index (χ3v) is 3.01. The second kappa shape index (κ2) is 5.59. The lowest BCUT2D eigenvalue weighted by molar-refractivity contribution is -0.132. The van der Waals surface area contributed by atoms with Crippen molar-refractivity contribution in [3.05, 3.63) is 35.9 Å². The van der Waals surface area contributed by atoms with Crippen molar-refractivity contribution >= 4 is 12.2 Å². The van der Waals surface area contributed by atoms with Crippen LogP contribution in [0.5, 0.6) is 0 Å². The minimum atomic E-state index is -0.318. The topological polar surface area (TPSA) is 49.4 Å². The zero-order chi connectivity index (χ0) is 12.1. The average Bonchev–Trinajstić information content (AvgIpc) is 2.40. The van der Waals surface area contributed by atoms with Crippen molar-refractivity contribution in [1.29, 1.82) is 0 Å². The molecule has 1 heterocycles. The molecular formula is C13H16N2O2. The van der Waals surface area contributed by atoms with Gasteiger partial charge in [0.25, 0.3) is 0 Å². The molecule has 0 saturated carbocycles. The molecule has 1 aromatic carbocycles. The summed E-state index contributed by atoms with van der Waals surface area (Å²) in [5.74, 6) is 0.0931. The zero-order valence-corrected chi connectivity index (χ0v) is 9.63. The molecule has 90 valence electrons. The minimum Gasteiger partial charge on any atom is -0.333 e. The first-order valence-corrected chi connectivity index (χ1v) is 5.79. The summed E-state index contributed by atoms with van der Waals surface area (Å²) in [5.41, 5.74) is 0.994. The lowest BCUT2D eigenvalue weighted by atomic mass is 10.0. The molecule has 0 aromatic heterocycles. The van der Waals surface area contributed by atoms with Crippen LogP contribution in [-0.4, -0.2) is 42.8 Å². The Morgan fingerprint density at radius 1 is 1.41 bits per heavy atom. The molecule has 2 rings (SSSR count). The van der Waals surface area contributed by atoms with Crippen molar-refractivity contribution in [3.8, 4) is 0 Å². The van der Waals surface area contributed by atoms with Crippen LogP contribution in [0.2, 0.25) is 0 Å². The van der Waals surface area contributed by atoms with Crippen LogP contribution < -0.4 is 5.32 Å². The van der Waals surface area contributed by atoms with Gasteiger partial charge in [-0.2, -0.15) is 0 Å². The van der Waals surface area contributed by atoms with Crippen molar-refractivity contribution in [3.63, 3.8) is 0 Å². The summed E-state index contributed by atoms with van der Waals surface area (Å²) in [5, 5.41) is 3.14. The molecule has 0 bridgehead atoms. The van der Waals surface area contributed by atoms with E-state index in [-0.39, 0.29) is 11.8 Å². The van der Waals surface area contributed by atoms with Gasteiger partial charge in [-0.25, -0.2) is 0 Å². The van der Waals surface area contributed by atoms with E-state index in [0.29, 0.717) is 19.5 Å². The van der Waals surface area contributed by atoms with Gasteiger partial charge in [-0.15, -0.1) is 0 Å². The molecule has 1 atom stereocenters. The van der Waals surface area contributed by atoms with Gasteiger partial charge in [0.2, 0.25) is 6.41 Å². The molecular weight excluding hydrogens is 216 g/mol. The van der Waals surface area contributed by atoms with Crippen molar-refractivity contribution in [2.24, 2.45) is 0 Å². The van der Waals surface area contributed by atoms with Crippen molar-refractivity contribution < 1.29 is 9.59 Å². The number of ketones is 1. The average molecular weight is 232 g/mol. The monoisotopic (exact) mass is 232 g/mol. The maximum absolute atomic E-state index is 12.1. The second-order valence-corrected chi connectivity index (χ2v) is 4.19. The van der Waals surface area contributed by atoms with Gasteiger partial charge in [0.05, 0.1) is 0 Å². The van der Waals surface area contributed by atoms with Gasteiger partial charge >= 0.3 is 0 Å². The predicted octanol–water partition coefficient (Wildman–Crippen LogP) is 0.228. The maximum atomic E-state index is 12.1. The van der Waals surface area contributed by atoms with Crippen LogP contribution in [0.25, 0.3) is 0 Å². The molecule has 17 heavy (non-hydrogen) atoms. The van der Waals surface area contributed by atoms with Crippen molar-refractivity contribution in [1.82, 2.24) is 10.2 Å². The molecule has 0 aliphatic carbocycles. The normalized spacial score (nSPS) is 20.0. The Hall–Kier alpha value is -1.68. The van der Waals surface area contributed by atoms with E-state index in [4.69, 9.17) is 0 Å². The lowest BCUT2D eigenvalue weighted by Gasteiger charge is -2.32. The summed E-state index contributed by atoms with van der Waals surface area (Å²) in [6.45, 7) is 1.92. The molecule has 1 aromatic rings. The van der Waals surface area contributed by atoms with Crippen LogP contribution in [0.3, 0.4) is 0 Å². The van der Waals surface area contributed by atoms with Crippen LogP contribution >= 0.6 is 0 Å². The number of Topliss-reactive ketones (excluding diaryl/α,β-unsaturated/α-hetero) is 1. The van der Waals surface area contributed by atoms with Gasteiger partial charge in [0.1, 0.15) is 6.04 Å². The van der Waals surface area contributed by atoms with E-state index < -0.39 is 0 Å². The number of carbonyl (C=O) groups excluding carboxylic acids is 2. The third kappa shape index (κ3) is 2.91. The summed E-state index contributed by atoms with van der Waals surface area (Å²) in [7, 11) is 0. The standard InChI is InChI=1S/C13H16N2O2/c16-10-15-7-6-14-9-12(15)13(17)8-11-4-2-1-3-5-11/h1-5,10,12,14H,6-9H2. The van der Waals surface area contributed by atoms with E-state index >= 15 is 0 Å². The van der Waals surface area contributed by atoms with Crippen molar-refractivity contribution in [2.75, 3.05) is 19.6 Å². The summed E-state index contributed by atoms with van der Waals surface area (Å²) in [6.07, 6.45) is 1.16. The largest absolute Gasteiger partial charge is 0.333 e. The number of amides is 1. The molecule has 4 heteroatoms. The molecule has 1 amide bonds. The summed E-state index contributed by atoms with van der Waals surface area (Å²) in [6, 6.07) is 9.30. The highest BCUT2D eigenvalue weighted by molar-refractivity contribution is 5.88. The summed E-state index contributed by atoms with van der Waals surface area (Å²) >= 11 is 0. The Morgan fingerprint density at radius 3 is 2.88 bits per heavy atom. The van der Waals surface area contributed by atoms with E-state index in [1.165, 1.54) is 0 Å². The van der Waals surface area contributed by atoms with E-state index in [1.54, 1.807) is 4.90 Å². The molecule has 1 fully saturated rings. The molecule has 1 aliphatic rings. The van der Waals surface area contributed by atoms with E-state index in [1.807, 2.05) is 30.3 Å². The summed E-state index contributed by atoms with van der Waals surface area (Å²) in [4.78, 5) is 24.6. The van der Waals surface area contributed by atoms with Gasteiger partial charge in [-0.1, -0.05) is 30.3 Å². The fourth-order valence-corrected chi connectivity index (χ4v) is 2.06. The summed E-state index contributed by atoms with van der Waals surface area (Å²) < 4.78 is 0. The fraction of sp³-hybridized carbons (Fsp3) is 0.385. The minimum absolute atomic E-state index is 0.0931. The number of hydrogen-bond donors (Lipinski definition) is 1. The fourth-order valence-electron chi connectivity index (χ4n) is 2.06. The molecule has 0 spiro atoms. The smallest absolute Gasteiger partial charge is 0.210 e. The Morgan fingerprint density at radius 2 is 2.18 bits per heavy atom. The highest BCUT2D eigenvalue weighted by atomic mass is 16.1. The van der Waals surface area contributed by atoms with Gasteiger partial charge in [-0.3, -0.25) is 9.59 Å². The number of piperazine rings is 1. The van der Waals surface area contributed by atoms with Gasteiger partial charge in [0.15, 0.2) is 5.78 Å². The number of nitrogens with one attached hydrogen (secondary N) is 1. The quantitative estimate of drug-likeness (QED) is 0.756. The number of hydrogen-bond acceptors (Lipinski definition) is 3. The number of carbonyl (C=O) groups is 2. The Kier molecular flexibility index (Phi) is 3.88. The van der Waals surface area contributed by atoms with Gasteiger partial charge < -0.3 is 10.2 Å². The second-order valence-electron chi connectivity index (χ2n) is 4.19. The highest BCUT2D eigenvalue weighted by Gasteiger charge is 2.26. The molecule has 0 radical (unpaired) electrons. The SMILES string of the molecule is O=CN1CCNCC1C(=O)Cc1ccccc1. The van der Waals surface area contributed by atoms with Crippen LogP contribution in [0.15, 0.2) is 30.3 Å². The first-order chi connectivity index (χ1) is 8.31. The first kappa shape index (κ1) is 11.8. The molecule has 1 unspecified atom stereocenters. The Bertz CT molecular complexity index is 392. The van der Waals surface area contributed by atoms with Crippen LogP contribution in [0, 0.1) is 0 Å². The van der Waals surface area contributed by atoms with E-state index in [0.717, 1.165) is 18.5 Å². The van der Waals surface area contributed by atoms with Crippen molar-refractivity contribution in [2.45, 2.75) is 12.5 Å². The number of rotatable bonds is 4.